The van der Waals surface area contributed by atoms with Crippen molar-refractivity contribution in [2.75, 3.05) is 12.0 Å². The number of hydrogen-bond acceptors (Lipinski definition) is 4. The fourth-order valence-corrected chi connectivity index (χ4v) is 3.13. The van der Waals surface area contributed by atoms with Crippen LogP contribution in [0.2, 0.25) is 0 Å². The van der Waals surface area contributed by atoms with Gasteiger partial charge in [0.2, 0.25) is 5.91 Å². The van der Waals surface area contributed by atoms with Gasteiger partial charge in [0.05, 0.1) is 17.8 Å². The Balaban J connectivity index is 2.00. The molecular weight excluding hydrogens is 402 g/mol. The molecule has 0 aliphatic carbocycles. The molecule has 2 N–H and O–H groups in total. The molecule has 0 radical (unpaired) electrons. The summed E-state index contributed by atoms with van der Waals surface area (Å²) in [4.78, 5) is 29.2. The number of rotatable bonds is 8. The van der Waals surface area contributed by atoms with Crippen molar-refractivity contribution >= 4 is 39.5 Å². The minimum atomic E-state index is -0.587. The Morgan fingerprint density at radius 2 is 1.96 bits per heavy atom. The summed E-state index contributed by atoms with van der Waals surface area (Å²) in [6, 6.07) is 12.1. The van der Waals surface area contributed by atoms with Crippen LogP contribution >= 0.6 is 27.7 Å². The number of nitrogens with zero attached hydrogens (tertiary/aromatic N) is 1. The first-order valence-electron chi connectivity index (χ1n) is 7.83. The van der Waals surface area contributed by atoms with E-state index >= 15 is 0 Å². The lowest BCUT2D eigenvalue weighted by molar-refractivity contribution is -0.123. The Morgan fingerprint density at radius 1 is 1.20 bits per heavy atom. The number of amides is 2. The second-order valence-corrected chi connectivity index (χ2v) is 7.17. The maximum absolute atomic E-state index is 12.5. The molecule has 2 aromatic rings. The van der Waals surface area contributed by atoms with Gasteiger partial charge in [-0.3, -0.25) is 14.6 Å². The zero-order chi connectivity index (χ0) is 18.1. The van der Waals surface area contributed by atoms with E-state index in [0.29, 0.717) is 23.0 Å². The predicted molar refractivity (Wildman–Crippen MR) is 104 cm³/mol. The molecule has 0 aliphatic rings. The van der Waals surface area contributed by atoms with Crippen molar-refractivity contribution in [3.05, 3.63) is 64.4 Å². The molecule has 1 aromatic carbocycles. The molecule has 1 aromatic heterocycles. The van der Waals surface area contributed by atoms with Crippen LogP contribution < -0.4 is 10.6 Å². The molecule has 2 rings (SSSR count). The highest BCUT2D eigenvalue weighted by Crippen LogP contribution is 2.16. The molecule has 132 valence electrons. The van der Waals surface area contributed by atoms with Crippen LogP contribution in [0.25, 0.3) is 0 Å². The van der Waals surface area contributed by atoms with Crippen molar-refractivity contribution in [3.8, 4) is 0 Å². The average Bonchev–Trinajstić information content (AvgIpc) is 2.64. The zero-order valence-corrected chi connectivity index (χ0v) is 16.3. The standard InChI is InChI=1S/C18H20BrN3O2S/c1-25-11-9-16(18(24)21-12-13-6-4-5-10-20-13)22-17(23)14-7-2-3-8-15(14)19/h2-8,10,16H,9,11-12H2,1H3,(H,21,24)(H,22,23)/t16-/m0/s1. The first-order chi connectivity index (χ1) is 12.1. The minimum absolute atomic E-state index is 0.208. The van der Waals surface area contributed by atoms with E-state index in [-0.39, 0.29) is 11.8 Å². The second kappa shape index (κ2) is 10.2. The van der Waals surface area contributed by atoms with Crippen LogP contribution in [0.15, 0.2) is 53.1 Å². The number of thioether (sulfide) groups is 1. The van der Waals surface area contributed by atoms with Gasteiger partial charge in [0.15, 0.2) is 0 Å². The molecule has 1 atom stereocenters. The number of halogens is 1. The topological polar surface area (TPSA) is 71.1 Å². The summed E-state index contributed by atoms with van der Waals surface area (Å²) >= 11 is 5.00. The minimum Gasteiger partial charge on any atom is -0.349 e. The molecule has 2 amide bonds. The largest absolute Gasteiger partial charge is 0.349 e. The fourth-order valence-electron chi connectivity index (χ4n) is 2.19. The Hall–Kier alpha value is -1.86. The van der Waals surface area contributed by atoms with E-state index < -0.39 is 6.04 Å². The van der Waals surface area contributed by atoms with Crippen LogP contribution in [0.1, 0.15) is 22.5 Å². The first-order valence-corrected chi connectivity index (χ1v) is 10.0. The molecule has 0 fully saturated rings. The highest BCUT2D eigenvalue weighted by Gasteiger charge is 2.21. The van der Waals surface area contributed by atoms with Gasteiger partial charge in [-0.1, -0.05) is 18.2 Å². The van der Waals surface area contributed by atoms with E-state index in [0.717, 1.165) is 11.4 Å². The van der Waals surface area contributed by atoms with Crippen molar-refractivity contribution < 1.29 is 9.59 Å². The summed E-state index contributed by atoms with van der Waals surface area (Å²) in [5.41, 5.74) is 1.28. The van der Waals surface area contributed by atoms with Gasteiger partial charge in [0.1, 0.15) is 6.04 Å². The maximum Gasteiger partial charge on any atom is 0.253 e. The van der Waals surface area contributed by atoms with E-state index in [1.165, 1.54) is 0 Å². The van der Waals surface area contributed by atoms with Crippen molar-refractivity contribution in [1.29, 1.82) is 0 Å². The number of benzene rings is 1. The highest BCUT2D eigenvalue weighted by atomic mass is 79.9. The van der Waals surface area contributed by atoms with Crippen molar-refractivity contribution in [1.82, 2.24) is 15.6 Å². The first kappa shape index (κ1) is 19.5. The third kappa shape index (κ3) is 6.17. The average molecular weight is 422 g/mol. The molecular formula is C18H20BrN3O2S. The van der Waals surface area contributed by atoms with Crippen molar-refractivity contribution in [2.45, 2.75) is 19.0 Å². The highest BCUT2D eigenvalue weighted by molar-refractivity contribution is 9.10. The van der Waals surface area contributed by atoms with Gasteiger partial charge in [0.25, 0.3) is 5.91 Å². The van der Waals surface area contributed by atoms with Gasteiger partial charge in [0, 0.05) is 10.7 Å². The molecule has 0 saturated carbocycles. The lowest BCUT2D eigenvalue weighted by Crippen LogP contribution is -2.47. The Bertz CT molecular complexity index is 712. The monoisotopic (exact) mass is 421 g/mol. The SMILES string of the molecule is CSCC[C@H](NC(=O)c1ccccc1Br)C(=O)NCc1ccccn1. The summed E-state index contributed by atoms with van der Waals surface area (Å²) in [6.45, 7) is 0.334. The van der Waals surface area contributed by atoms with Gasteiger partial charge < -0.3 is 10.6 Å². The van der Waals surface area contributed by atoms with Crippen LogP contribution in [-0.4, -0.2) is 34.8 Å². The van der Waals surface area contributed by atoms with E-state index in [1.807, 2.05) is 30.5 Å². The Kier molecular flexibility index (Phi) is 7.94. The van der Waals surface area contributed by atoms with E-state index in [1.54, 1.807) is 36.2 Å². The molecule has 7 heteroatoms. The van der Waals surface area contributed by atoms with Crippen LogP contribution in [0.4, 0.5) is 0 Å². The van der Waals surface area contributed by atoms with Crippen LogP contribution in [0, 0.1) is 0 Å². The van der Waals surface area contributed by atoms with E-state index in [9.17, 15) is 9.59 Å². The molecule has 0 bridgehead atoms. The number of aromatic nitrogens is 1. The van der Waals surface area contributed by atoms with E-state index in [4.69, 9.17) is 0 Å². The summed E-state index contributed by atoms with van der Waals surface area (Å²) in [5, 5.41) is 5.67. The quantitative estimate of drug-likeness (QED) is 0.686. The second-order valence-electron chi connectivity index (χ2n) is 5.33. The zero-order valence-electron chi connectivity index (χ0n) is 13.9. The van der Waals surface area contributed by atoms with Crippen molar-refractivity contribution in [3.63, 3.8) is 0 Å². The Morgan fingerprint density at radius 3 is 2.64 bits per heavy atom. The van der Waals surface area contributed by atoms with Gasteiger partial charge in [-0.25, -0.2) is 0 Å². The lowest BCUT2D eigenvalue weighted by Gasteiger charge is -2.18. The lowest BCUT2D eigenvalue weighted by atomic mass is 10.1. The van der Waals surface area contributed by atoms with Gasteiger partial charge in [-0.05, 0) is 58.6 Å². The third-order valence-electron chi connectivity index (χ3n) is 3.52. The van der Waals surface area contributed by atoms with Crippen LogP contribution in [-0.2, 0) is 11.3 Å². The van der Waals surface area contributed by atoms with Crippen LogP contribution in [0.3, 0.4) is 0 Å². The number of nitrogens with one attached hydrogen (secondary N) is 2. The summed E-state index contributed by atoms with van der Waals surface area (Å²) in [7, 11) is 0. The summed E-state index contributed by atoms with van der Waals surface area (Å²) < 4.78 is 0.699. The van der Waals surface area contributed by atoms with Gasteiger partial charge >= 0.3 is 0 Å². The van der Waals surface area contributed by atoms with E-state index in [2.05, 4.69) is 31.5 Å². The molecule has 0 unspecified atom stereocenters. The summed E-state index contributed by atoms with van der Waals surface area (Å²) in [5.74, 6) is 0.296. The number of hydrogen-bond donors (Lipinski definition) is 2. The maximum atomic E-state index is 12.5. The molecule has 5 nitrogen and oxygen atoms in total. The fraction of sp³-hybridized carbons (Fsp3) is 0.278. The predicted octanol–water partition coefficient (Wildman–Crippen LogP) is 3.01. The molecule has 25 heavy (non-hydrogen) atoms. The van der Waals surface area contributed by atoms with Gasteiger partial charge in [-0.15, -0.1) is 0 Å². The number of pyridine rings is 1. The molecule has 1 heterocycles. The molecule has 0 saturated heterocycles. The smallest absolute Gasteiger partial charge is 0.253 e. The molecule has 0 spiro atoms. The van der Waals surface area contributed by atoms with Crippen molar-refractivity contribution in [2.24, 2.45) is 0 Å². The van der Waals surface area contributed by atoms with Gasteiger partial charge in [-0.2, -0.15) is 11.8 Å². The van der Waals surface area contributed by atoms with Crippen LogP contribution in [0.5, 0.6) is 0 Å². The normalized spacial score (nSPS) is 11.6. The molecule has 0 aliphatic heterocycles. The number of carbonyl (C=O) groups is 2. The third-order valence-corrected chi connectivity index (χ3v) is 4.86. The number of carbonyl (C=O) groups excluding carboxylic acids is 2. The summed E-state index contributed by atoms with van der Waals surface area (Å²) in [6.07, 6.45) is 4.21. The Labute approximate surface area is 160 Å².